The lowest BCUT2D eigenvalue weighted by Crippen LogP contribution is -2.42. The maximum absolute atomic E-state index is 13.2. The summed E-state index contributed by atoms with van der Waals surface area (Å²) in [6.07, 6.45) is 2.19. The third-order valence-corrected chi connectivity index (χ3v) is 6.14. The molecule has 2 aromatic carbocycles. The smallest absolute Gasteiger partial charge is 0.261 e. The average molecular weight is 422 g/mol. The van der Waals surface area contributed by atoms with Crippen LogP contribution in [0.3, 0.4) is 0 Å². The summed E-state index contributed by atoms with van der Waals surface area (Å²) in [5.41, 5.74) is 3.63. The first-order valence-electron chi connectivity index (χ1n) is 10.4. The highest BCUT2D eigenvalue weighted by Gasteiger charge is 2.23. The standard InChI is InChI=1S/C23H24ClN5O/c1-2-29-11-5-6-15(13-29)25-21-16-12-14(24)9-10-17(16)28-23(30)20(21)22-26-18-7-3-4-8-19(18)27-22/h3-4,7-10,12,15H,2,5-6,11,13H2,1H3,(H,26,27)(H2,25,28,30). The monoisotopic (exact) mass is 421 g/mol. The Labute approximate surface area is 179 Å². The molecule has 1 unspecified atom stereocenters. The number of anilines is 1. The molecule has 1 saturated heterocycles. The number of imidazole rings is 1. The maximum Gasteiger partial charge on any atom is 0.261 e. The van der Waals surface area contributed by atoms with Gasteiger partial charge in [0.2, 0.25) is 0 Å². The lowest BCUT2D eigenvalue weighted by molar-refractivity contribution is 0.227. The average Bonchev–Trinajstić information content (AvgIpc) is 3.18. The Bertz CT molecular complexity index is 1240. The van der Waals surface area contributed by atoms with Gasteiger partial charge in [0.05, 0.1) is 22.2 Å². The molecule has 7 heteroatoms. The Kier molecular flexibility index (Phi) is 4.97. The maximum atomic E-state index is 13.2. The number of aromatic nitrogens is 3. The van der Waals surface area contributed by atoms with E-state index < -0.39 is 0 Å². The van der Waals surface area contributed by atoms with Crippen molar-refractivity contribution in [3.63, 3.8) is 0 Å². The third kappa shape index (κ3) is 3.46. The minimum atomic E-state index is -0.172. The van der Waals surface area contributed by atoms with E-state index in [1.54, 1.807) is 6.07 Å². The lowest BCUT2D eigenvalue weighted by Gasteiger charge is -2.33. The first-order chi connectivity index (χ1) is 14.6. The predicted molar refractivity (Wildman–Crippen MR) is 123 cm³/mol. The molecule has 3 heterocycles. The van der Waals surface area contributed by atoms with Gasteiger partial charge in [-0.25, -0.2) is 4.98 Å². The van der Waals surface area contributed by atoms with Crippen LogP contribution >= 0.6 is 11.6 Å². The number of benzene rings is 2. The normalized spacial score (nSPS) is 17.6. The summed E-state index contributed by atoms with van der Waals surface area (Å²) in [6, 6.07) is 13.6. The molecular weight excluding hydrogens is 398 g/mol. The van der Waals surface area contributed by atoms with Gasteiger partial charge in [-0.15, -0.1) is 0 Å². The molecule has 1 atom stereocenters. The van der Waals surface area contributed by atoms with Gasteiger partial charge >= 0.3 is 0 Å². The molecule has 5 rings (SSSR count). The number of pyridine rings is 1. The Morgan fingerprint density at radius 1 is 1.20 bits per heavy atom. The summed E-state index contributed by atoms with van der Waals surface area (Å²) in [7, 11) is 0. The first-order valence-corrected chi connectivity index (χ1v) is 10.8. The van der Waals surface area contributed by atoms with Gasteiger partial charge in [0.1, 0.15) is 11.4 Å². The lowest BCUT2D eigenvalue weighted by atomic mass is 10.0. The molecule has 1 aliphatic heterocycles. The highest BCUT2D eigenvalue weighted by Crippen LogP contribution is 2.33. The number of likely N-dealkylation sites (tertiary alicyclic amines) is 1. The van der Waals surface area contributed by atoms with E-state index in [-0.39, 0.29) is 11.6 Å². The third-order valence-electron chi connectivity index (χ3n) is 5.90. The summed E-state index contributed by atoms with van der Waals surface area (Å²) in [5, 5.41) is 5.21. The number of nitrogens with one attached hydrogen (secondary N) is 3. The molecule has 0 amide bonds. The number of H-pyrrole nitrogens is 2. The fraction of sp³-hybridized carbons (Fsp3) is 0.304. The zero-order chi connectivity index (χ0) is 20.7. The van der Waals surface area contributed by atoms with Gasteiger partial charge in [-0.05, 0) is 56.3 Å². The Hall–Kier alpha value is -2.83. The topological polar surface area (TPSA) is 76.8 Å². The first kappa shape index (κ1) is 19.2. The fourth-order valence-corrected chi connectivity index (χ4v) is 4.55. The van der Waals surface area contributed by atoms with Crippen LogP contribution in [-0.2, 0) is 0 Å². The van der Waals surface area contributed by atoms with Crippen LogP contribution in [0, 0.1) is 0 Å². The Morgan fingerprint density at radius 2 is 2.07 bits per heavy atom. The number of halogens is 1. The van der Waals surface area contributed by atoms with Gasteiger partial charge in [-0.3, -0.25) is 4.79 Å². The van der Waals surface area contributed by atoms with Gasteiger partial charge in [0, 0.05) is 23.0 Å². The molecule has 3 N–H and O–H groups in total. The van der Waals surface area contributed by atoms with Crippen LogP contribution in [0.1, 0.15) is 19.8 Å². The van der Waals surface area contributed by atoms with Crippen molar-refractivity contribution in [2.75, 3.05) is 25.0 Å². The second kappa shape index (κ2) is 7.78. The predicted octanol–water partition coefficient (Wildman–Crippen LogP) is 4.62. The number of piperidine rings is 1. The van der Waals surface area contributed by atoms with E-state index in [1.807, 2.05) is 36.4 Å². The molecule has 0 radical (unpaired) electrons. The minimum absolute atomic E-state index is 0.172. The van der Waals surface area contributed by atoms with Gasteiger partial charge < -0.3 is 20.2 Å². The molecule has 0 spiro atoms. The van der Waals surface area contributed by atoms with Crippen LogP contribution in [0.5, 0.6) is 0 Å². The number of rotatable bonds is 4. The molecule has 2 aromatic heterocycles. The zero-order valence-corrected chi connectivity index (χ0v) is 17.6. The van der Waals surface area contributed by atoms with Crippen molar-refractivity contribution >= 4 is 39.2 Å². The molecule has 0 aliphatic carbocycles. The van der Waals surface area contributed by atoms with Gasteiger partial charge in [-0.1, -0.05) is 30.7 Å². The highest BCUT2D eigenvalue weighted by molar-refractivity contribution is 6.31. The number of para-hydroxylation sites is 2. The van der Waals surface area contributed by atoms with Crippen LogP contribution in [-0.4, -0.2) is 45.5 Å². The van der Waals surface area contributed by atoms with Crippen molar-refractivity contribution in [3.05, 3.63) is 57.8 Å². The molecule has 0 saturated carbocycles. The zero-order valence-electron chi connectivity index (χ0n) is 16.8. The van der Waals surface area contributed by atoms with E-state index in [1.165, 1.54) is 0 Å². The molecule has 1 fully saturated rings. The van der Waals surface area contributed by atoms with E-state index in [0.29, 0.717) is 16.4 Å². The van der Waals surface area contributed by atoms with Crippen molar-refractivity contribution < 1.29 is 0 Å². The highest BCUT2D eigenvalue weighted by atomic mass is 35.5. The Morgan fingerprint density at radius 3 is 2.90 bits per heavy atom. The molecule has 154 valence electrons. The molecule has 4 aromatic rings. The van der Waals surface area contributed by atoms with Crippen molar-refractivity contribution in [2.45, 2.75) is 25.8 Å². The van der Waals surface area contributed by atoms with E-state index in [9.17, 15) is 4.79 Å². The summed E-state index contributed by atoms with van der Waals surface area (Å²) >= 11 is 6.33. The molecule has 30 heavy (non-hydrogen) atoms. The summed E-state index contributed by atoms with van der Waals surface area (Å²) < 4.78 is 0. The van der Waals surface area contributed by atoms with Gasteiger partial charge in [0.25, 0.3) is 5.56 Å². The number of aromatic amines is 2. The summed E-state index contributed by atoms with van der Waals surface area (Å²) in [5.74, 6) is 0.560. The SMILES string of the molecule is CCN1CCCC(Nc2c(-c3nc4ccccc4[nH]3)c(=O)[nH]c3ccc(Cl)cc23)C1. The molecule has 6 nitrogen and oxygen atoms in total. The van der Waals surface area contributed by atoms with E-state index >= 15 is 0 Å². The fourth-order valence-electron chi connectivity index (χ4n) is 4.38. The number of fused-ring (bicyclic) bond motifs is 2. The van der Waals surface area contributed by atoms with Gasteiger partial charge in [0.15, 0.2) is 0 Å². The van der Waals surface area contributed by atoms with Crippen LogP contribution in [0.15, 0.2) is 47.3 Å². The van der Waals surface area contributed by atoms with Crippen molar-refractivity contribution in [3.8, 4) is 11.4 Å². The summed E-state index contributed by atoms with van der Waals surface area (Å²) in [6.45, 7) is 5.28. The van der Waals surface area contributed by atoms with E-state index in [2.05, 4.69) is 27.1 Å². The Balaban J connectivity index is 1.69. The van der Waals surface area contributed by atoms with Crippen molar-refractivity contribution in [2.24, 2.45) is 0 Å². The van der Waals surface area contributed by atoms with Crippen molar-refractivity contribution in [1.29, 1.82) is 0 Å². The quantitative estimate of drug-likeness (QED) is 0.449. The van der Waals surface area contributed by atoms with E-state index in [4.69, 9.17) is 16.6 Å². The van der Waals surface area contributed by atoms with E-state index in [0.717, 1.165) is 60.1 Å². The summed E-state index contributed by atoms with van der Waals surface area (Å²) in [4.78, 5) is 26.6. The van der Waals surface area contributed by atoms with Crippen molar-refractivity contribution in [1.82, 2.24) is 19.9 Å². The number of hydrogen-bond donors (Lipinski definition) is 3. The van der Waals surface area contributed by atoms with Crippen LogP contribution in [0.2, 0.25) is 5.02 Å². The second-order valence-corrected chi connectivity index (χ2v) is 8.31. The largest absolute Gasteiger partial charge is 0.380 e. The number of likely N-dealkylation sites (N-methyl/N-ethyl adjacent to an activating group) is 1. The molecule has 1 aliphatic rings. The van der Waals surface area contributed by atoms with Crippen LogP contribution < -0.4 is 10.9 Å². The number of hydrogen-bond acceptors (Lipinski definition) is 4. The van der Waals surface area contributed by atoms with Crippen LogP contribution in [0.4, 0.5) is 5.69 Å². The minimum Gasteiger partial charge on any atom is -0.380 e. The van der Waals surface area contributed by atoms with Gasteiger partial charge in [-0.2, -0.15) is 0 Å². The molecular formula is C23H24ClN5O. The number of nitrogens with zero attached hydrogens (tertiary/aromatic N) is 2. The van der Waals surface area contributed by atoms with Crippen LogP contribution in [0.25, 0.3) is 33.3 Å². The molecule has 0 bridgehead atoms. The second-order valence-electron chi connectivity index (χ2n) is 7.87.